The van der Waals surface area contributed by atoms with Crippen LogP contribution in [0.3, 0.4) is 0 Å². The zero-order chi connectivity index (χ0) is 15.4. The Labute approximate surface area is 130 Å². The van der Waals surface area contributed by atoms with Crippen LogP contribution in [0.15, 0.2) is 47.6 Å². The van der Waals surface area contributed by atoms with Crippen LogP contribution in [-0.2, 0) is 4.79 Å². The molecule has 0 unspecified atom stereocenters. The maximum Gasteiger partial charge on any atom is 0.280 e. The van der Waals surface area contributed by atoms with Gasteiger partial charge in [0.15, 0.2) is 6.10 Å². The van der Waals surface area contributed by atoms with Crippen molar-refractivity contribution in [3.63, 3.8) is 0 Å². The molecule has 2 aromatic carbocycles. The first-order valence-electron chi connectivity index (χ1n) is 7.73. The van der Waals surface area contributed by atoms with Gasteiger partial charge in [0.05, 0.1) is 0 Å². The van der Waals surface area contributed by atoms with Gasteiger partial charge in [-0.1, -0.05) is 30.3 Å². The summed E-state index contributed by atoms with van der Waals surface area (Å²) in [5, 5.41) is 6.42. The number of hydrogen-bond donors (Lipinski definition) is 1. The summed E-state index contributed by atoms with van der Waals surface area (Å²) in [5.74, 6) is 0.474. The van der Waals surface area contributed by atoms with Crippen LogP contribution in [0.2, 0.25) is 0 Å². The van der Waals surface area contributed by atoms with Gasteiger partial charge < -0.3 is 4.74 Å². The first-order chi connectivity index (χ1) is 10.7. The molecule has 22 heavy (non-hydrogen) atoms. The smallest absolute Gasteiger partial charge is 0.280 e. The number of nitrogens with zero attached hydrogens (tertiary/aromatic N) is 1. The van der Waals surface area contributed by atoms with Gasteiger partial charge in [0.2, 0.25) is 0 Å². The van der Waals surface area contributed by atoms with E-state index < -0.39 is 6.10 Å². The van der Waals surface area contributed by atoms with Gasteiger partial charge in [-0.2, -0.15) is 5.10 Å². The number of carbonyl (C=O) groups is 1. The molecule has 0 aliphatic heterocycles. The van der Waals surface area contributed by atoms with Gasteiger partial charge in [0.1, 0.15) is 5.75 Å². The summed E-state index contributed by atoms with van der Waals surface area (Å²) in [6.45, 7) is 1.74. The molecular weight excluding hydrogens is 276 g/mol. The van der Waals surface area contributed by atoms with Gasteiger partial charge in [-0.15, -0.1) is 0 Å². The summed E-state index contributed by atoms with van der Waals surface area (Å²) < 4.78 is 5.72. The van der Waals surface area contributed by atoms with Crippen molar-refractivity contribution in [2.45, 2.75) is 38.7 Å². The number of rotatable bonds is 4. The van der Waals surface area contributed by atoms with E-state index >= 15 is 0 Å². The lowest BCUT2D eigenvalue weighted by Gasteiger charge is -2.13. The maximum atomic E-state index is 12.0. The molecule has 114 valence electrons. The molecule has 0 spiro atoms. The number of ether oxygens (including phenoxy) is 1. The third-order valence-electron chi connectivity index (χ3n) is 3.91. The zero-order valence-corrected chi connectivity index (χ0v) is 12.7. The second-order valence-corrected chi connectivity index (χ2v) is 5.63. The van der Waals surface area contributed by atoms with Crippen LogP contribution in [-0.4, -0.2) is 17.7 Å². The molecule has 0 bridgehead atoms. The highest BCUT2D eigenvalue weighted by Crippen LogP contribution is 2.21. The first kappa shape index (κ1) is 14.6. The molecule has 4 nitrogen and oxygen atoms in total. The Balaban J connectivity index is 1.63. The Kier molecular flexibility index (Phi) is 4.37. The summed E-state index contributed by atoms with van der Waals surface area (Å²) in [5.41, 5.74) is 3.68. The average Bonchev–Trinajstić information content (AvgIpc) is 3.06. The number of carbonyl (C=O) groups excluding carboxylic acids is 1. The van der Waals surface area contributed by atoms with Crippen molar-refractivity contribution < 1.29 is 9.53 Å². The number of amides is 1. The summed E-state index contributed by atoms with van der Waals surface area (Å²) in [6, 6.07) is 13.9. The third-order valence-corrected chi connectivity index (χ3v) is 3.91. The molecule has 3 rings (SSSR count). The summed E-state index contributed by atoms with van der Waals surface area (Å²) in [4.78, 5) is 12.0. The van der Waals surface area contributed by atoms with E-state index in [1.165, 1.54) is 0 Å². The molecule has 0 radical (unpaired) electrons. The fraction of sp³-hybridized carbons (Fsp3) is 0.333. The molecule has 1 N–H and O–H groups in total. The van der Waals surface area contributed by atoms with Crippen LogP contribution in [0.5, 0.6) is 5.75 Å². The molecule has 0 saturated heterocycles. The predicted molar refractivity (Wildman–Crippen MR) is 88.1 cm³/mol. The minimum Gasteiger partial charge on any atom is -0.481 e. The highest BCUT2D eigenvalue weighted by molar-refractivity contribution is 5.88. The van der Waals surface area contributed by atoms with Crippen LogP contribution >= 0.6 is 0 Å². The second-order valence-electron chi connectivity index (χ2n) is 5.63. The van der Waals surface area contributed by atoms with Gasteiger partial charge in [-0.25, -0.2) is 5.43 Å². The highest BCUT2D eigenvalue weighted by atomic mass is 16.5. The largest absolute Gasteiger partial charge is 0.481 e. The molecule has 1 aliphatic carbocycles. The standard InChI is InChI=1S/C18H20N2O2/c1-13(18(21)20-19-16-8-4-5-9-16)22-17-11-10-14-6-2-3-7-15(14)12-17/h2-3,6-7,10-13H,4-5,8-9H2,1H3,(H,20,21)/t13-/m0/s1. The Hall–Kier alpha value is -2.36. The van der Waals surface area contributed by atoms with Crippen LogP contribution in [0.25, 0.3) is 10.8 Å². The Morgan fingerprint density at radius 1 is 1.14 bits per heavy atom. The van der Waals surface area contributed by atoms with Crippen molar-refractivity contribution in [3.05, 3.63) is 42.5 Å². The number of benzene rings is 2. The molecule has 0 aromatic heterocycles. The molecule has 1 atom stereocenters. The Morgan fingerprint density at radius 2 is 1.86 bits per heavy atom. The monoisotopic (exact) mass is 296 g/mol. The number of hydrogen-bond acceptors (Lipinski definition) is 3. The van der Waals surface area contributed by atoms with Gasteiger partial charge in [0.25, 0.3) is 5.91 Å². The topological polar surface area (TPSA) is 50.7 Å². The van der Waals surface area contributed by atoms with Crippen LogP contribution in [0, 0.1) is 0 Å². The Morgan fingerprint density at radius 3 is 2.64 bits per heavy atom. The molecule has 1 fully saturated rings. The average molecular weight is 296 g/mol. The van der Waals surface area contributed by atoms with Crippen molar-refractivity contribution in [2.24, 2.45) is 5.10 Å². The van der Waals surface area contributed by atoms with Crippen molar-refractivity contribution in [1.82, 2.24) is 5.43 Å². The van der Waals surface area contributed by atoms with E-state index in [1.807, 2.05) is 42.5 Å². The zero-order valence-electron chi connectivity index (χ0n) is 12.7. The summed E-state index contributed by atoms with van der Waals surface area (Å²) in [6.07, 6.45) is 3.72. The number of nitrogens with one attached hydrogen (secondary N) is 1. The van der Waals surface area contributed by atoms with Crippen molar-refractivity contribution in [2.75, 3.05) is 0 Å². The molecule has 1 saturated carbocycles. The van der Waals surface area contributed by atoms with E-state index in [4.69, 9.17) is 4.74 Å². The van der Waals surface area contributed by atoms with Crippen LogP contribution < -0.4 is 10.2 Å². The lowest BCUT2D eigenvalue weighted by atomic mass is 10.1. The predicted octanol–water partition coefficient (Wildman–Crippen LogP) is 3.65. The summed E-state index contributed by atoms with van der Waals surface area (Å²) in [7, 11) is 0. The first-order valence-corrected chi connectivity index (χ1v) is 7.73. The lowest BCUT2D eigenvalue weighted by Crippen LogP contribution is -2.33. The van der Waals surface area contributed by atoms with E-state index in [1.54, 1.807) is 6.92 Å². The van der Waals surface area contributed by atoms with E-state index in [2.05, 4.69) is 10.5 Å². The van der Waals surface area contributed by atoms with Crippen molar-refractivity contribution in [1.29, 1.82) is 0 Å². The van der Waals surface area contributed by atoms with E-state index in [0.717, 1.165) is 42.2 Å². The molecule has 0 heterocycles. The highest BCUT2D eigenvalue weighted by Gasteiger charge is 2.15. The minimum absolute atomic E-state index is 0.215. The third kappa shape index (κ3) is 3.45. The molecule has 1 amide bonds. The second kappa shape index (κ2) is 6.60. The summed E-state index contributed by atoms with van der Waals surface area (Å²) >= 11 is 0. The number of hydrazone groups is 1. The van der Waals surface area contributed by atoms with E-state index in [-0.39, 0.29) is 5.91 Å². The lowest BCUT2D eigenvalue weighted by molar-refractivity contribution is -0.127. The van der Waals surface area contributed by atoms with E-state index in [9.17, 15) is 4.79 Å². The molecule has 4 heteroatoms. The maximum absolute atomic E-state index is 12.0. The molecule has 2 aromatic rings. The minimum atomic E-state index is -0.577. The normalized spacial score (nSPS) is 15.6. The Bertz CT molecular complexity index is 701. The van der Waals surface area contributed by atoms with Gasteiger partial charge in [-0.3, -0.25) is 4.79 Å². The van der Waals surface area contributed by atoms with Crippen LogP contribution in [0.1, 0.15) is 32.6 Å². The SMILES string of the molecule is C[C@H](Oc1ccc2ccccc2c1)C(=O)NN=C1CCCC1. The fourth-order valence-electron chi connectivity index (χ4n) is 2.62. The molecular formula is C18H20N2O2. The number of fused-ring (bicyclic) bond motifs is 1. The van der Waals surface area contributed by atoms with Crippen molar-refractivity contribution >= 4 is 22.4 Å². The van der Waals surface area contributed by atoms with Crippen LogP contribution in [0.4, 0.5) is 0 Å². The van der Waals surface area contributed by atoms with Gasteiger partial charge in [0, 0.05) is 5.71 Å². The quantitative estimate of drug-likeness (QED) is 0.875. The van der Waals surface area contributed by atoms with Crippen molar-refractivity contribution in [3.8, 4) is 5.75 Å². The molecule has 1 aliphatic rings. The van der Waals surface area contributed by atoms with Gasteiger partial charge >= 0.3 is 0 Å². The van der Waals surface area contributed by atoms with E-state index in [0.29, 0.717) is 5.75 Å². The fourth-order valence-corrected chi connectivity index (χ4v) is 2.62. The van der Waals surface area contributed by atoms with Gasteiger partial charge in [-0.05, 0) is 55.5 Å².